The summed E-state index contributed by atoms with van der Waals surface area (Å²) in [4.78, 5) is 12.3. The van der Waals surface area contributed by atoms with Gasteiger partial charge in [-0.15, -0.1) is 11.6 Å². The highest BCUT2D eigenvalue weighted by molar-refractivity contribution is 6.30. The van der Waals surface area contributed by atoms with Gasteiger partial charge in [-0.2, -0.15) is 0 Å². The molecule has 1 fully saturated rings. The Morgan fingerprint density at radius 3 is 2.86 bits per heavy atom. The summed E-state index contributed by atoms with van der Waals surface area (Å²) in [6, 6.07) is 7.78. The molecule has 1 atom stereocenters. The molecule has 0 saturated heterocycles. The lowest BCUT2D eigenvalue weighted by Crippen LogP contribution is -2.38. The number of rotatable bonds is 6. The number of benzene rings is 1. The van der Waals surface area contributed by atoms with Crippen LogP contribution >= 0.6 is 11.6 Å². The van der Waals surface area contributed by atoms with E-state index in [1.807, 2.05) is 24.3 Å². The van der Waals surface area contributed by atoms with Crippen molar-refractivity contribution in [1.29, 1.82) is 0 Å². The minimum atomic E-state index is -0.655. The van der Waals surface area contributed by atoms with Gasteiger partial charge in [-0.25, -0.2) is 0 Å². The smallest absolute Gasteiger partial charge is 0.242 e. The number of carbonyl (C=O) groups is 1. The molecule has 1 unspecified atom stereocenters. The Bertz CT molecular complexity index is 458. The predicted molar refractivity (Wildman–Crippen MR) is 85.8 cm³/mol. The van der Waals surface area contributed by atoms with Crippen molar-refractivity contribution in [3.8, 4) is 5.75 Å². The molecule has 1 aliphatic rings. The van der Waals surface area contributed by atoms with Crippen LogP contribution in [0.4, 0.5) is 0 Å². The van der Waals surface area contributed by atoms with Gasteiger partial charge in [0, 0.05) is 6.04 Å². The van der Waals surface area contributed by atoms with E-state index in [1.54, 1.807) is 0 Å². The van der Waals surface area contributed by atoms with E-state index in [9.17, 15) is 4.79 Å². The van der Waals surface area contributed by atoms with Crippen molar-refractivity contribution in [2.45, 2.75) is 56.9 Å². The lowest BCUT2D eigenvalue weighted by Gasteiger charge is -2.24. The van der Waals surface area contributed by atoms with E-state index in [1.165, 1.54) is 19.3 Å². The summed E-state index contributed by atoms with van der Waals surface area (Å²) >= 11 is 6.31. The molecule has 1 amide bonds. The van der Waals surface area contributed by atoms with Crippen molar-refractivity contribution in [1.82, 2.24) is 5.32 Å². The number of amides is 1. The van der Waals surface area contributed by atoms with Crippen LogP contribution in [0, 0.1) is 0 Å². The maximum absolute atomic E-state index is 12.3. The van der Waals surface area contributed by atoms with E-state index >= 15 is 0 Å². The number of halogens is 1. The molecule has 3 nitrogen and oxygen atoms in total. The van der Waals surface area contributed by atoms with E-state index in [2.05, 4.69) is 12.2 Å². The number of nitrogens with one attached hydrogen (secondary N) is 1. The average Bonchev–Trinajstić information content (AvgIpc) is 2.53. The second-order valence-electron chi connectivity index (χ2n) is 5.63. The molecule has 0 spiro atoms. The first-order valence-corrected chi connectivity index (χ1v) is 8.31. The minimum Gasteiger partial charge on any atom is -0.494 e. The Morgan fingerprint density at radius 2 is 2.14 bits per heavy atom. The summed E-state index contributed by atoms with van der Waals surface area (Å²) in [5, 5.41) is 2.41. The highest BCUT2D eigenvalue weighted by Gasteiger charge is 2.22. The molecule has 1 aromatic rings. The average molecular weight is 310 g/mol. The van der Waals surface area contributed by atoms with Gasteiger partial charge in [0.15, 0.2) is 0 Å². The second kappa shape index (κ2) is 8.28. The first-order chi connectivity index (χ1) is 10.2. The van der Waals surface area contributed by atoms with E-state index in [4.69, 9.17) is 16.3 Å². The van der Waals surface area contributed by atoms with Crippen LogP contribution in [0.2, 0.25) is 0 Å². The fourth-order valence-corrected chi connectivity index (χ4v) is 2.85. The zero-order valence-corrected chi connectivity index (χ0v) is 13.4. The third kappa shape index (κ3) is 4.92. The molecule has 1 saturated carbocycles. The molecule has 1 aliphatic carbocycles. The van der Waals surface area contributed by atoms with Crippen molar-refractivity contribution in [2.75, 3.05) is 6.61 Å². The Balaban J connectivity index is 1.94. The van der Waals surface area contributed by atoms with Crippen LogP contribution in [0.1, 0.15) is 56.4 Å². The molecule has 0 radical (unpaired) electrons. The first kappa shape index (κ1) is 16.2. The molecule has 0 heterocycles. The predicted octanol–water partition coefficient (Wildman–Crippen LogP) is 4.20. The molecule has 0 bridgehead atoms. The Labute approximate surface area is 132 Å². The van der Waals surface area contributed by atoms with Gasteiger partial charge in [-0.1, -0.05) is 38.3 Å². The molecular formula is C17H24ClNO2. The van der Waals surface area contributed by atoms with Crippen LogP contribution in [0.25, 0.3) is 0 Å². The minimum absolute atomic E-state index is 0.101. The van der Waals surface area contributed by atoms with Gasteiger partial charge in [-0.3, -0.25) is 4.79 Å². The molecule has 1 N–H and O–H groups in total. The number of ether oxygens (including phenoxy) is 1. The molecule has 4 heteroatoms. The number of hydrogen-bond acceptors (Lipinski definition) is 2. The van der Waals surface area contributed by atoms with Crippen molar-refractivity contribution < 1.29 is 9.53 Å². The molecule has 0 aliphatic heterocycles. The van der Waals surface area contributed by atoms with Crippen LogP contribution in [0.15, 0.2) is 24.3 Å². The van der Waals surface area contributed by atoms with Crippen LogP contribution < -0.4 is 10.1 Å². The van der Waals surface area contributed by atoms with Crippen molar-refractivity contribution in [2.24, 2.45) is 0 Å². The van der Waals surface area contributed by atoms with E-state index in [0.29, 0.717) is 6.61 Å². The van der Waals surface area contributed by atoms with E-state index < -0.39 is 5.38 Å². The van der Waals surface area contributed by atoms with Crippen molar-refractivity contribution >= 4 is 17.5 Å². The molecule has 116 valence electrons. The van der Waals surface area contributed by atoms with Crippen LogP contribution in [0.3, 0.4) is 0 Å². The topological polar surface area (TPSA) is 38.3 Å². The highest BCUT2D eigenvalue weighted by Crippen LogP contribution is 2.26. The van der Waals surface area contributed by atoms with Crippen LogP contribution in [0.5, 0.6) is 5.75 Å². The van der Waals surface area contributed by atoms with Gasteiger partial charge in [0.25, 0.3) is 0 Å². The van der Waals surface area contributed by atoms with Gasteiger partial charge < -0.3 is 10.1 Å². The van der Waals surface area contributed by atoms with Gasteiger partial charge in [0.2, 0.25) is 5.91 Å². The fraction of sp³-hybridized carbons (Fsp3) is 0.588. The van der Waals surface area contributed by atoms with Gasteiger partial charge in [0.1, 0.15) is 11.1 Å². The van der Waals surface area contributed by atoms with Gasteiger partial charge in [0.05, 0.1) is 6.61 Å². The summed E-state index contributed by atoms with van der Waals surface area (Å²) in [6.45, 7) is 2.73. The summed E-state index contributed by atoms with van der Waals surface area (Å²) in [5.74, 6) is 0.668. The summed E-state index contributed by atoms with van der Waals surface area (Å²) in [6.07, 6.45) is 6.74. The standard InChI is InChI=1S/C17H24ClNO2/c1-2-11-21-15-10-6-7-13(12-15)16(18)17(20)19-14-8-4-3-5-9-14/h6-7,10,12,14,16H,2-5,8-9,11H2,1H3,(H,19,20). The summed E-state index contributed by atoms with van der Waals surface area (Å²) in [7, 11) is 0. The first-order valence-electron chi connectivity index (χ1n) is 7.88. The second-order valence-corrected chi connectivity index (χ2v) is 6.06. The number of hydrogen-bond donors (Lipinski definition) is 1. The third-order valence-electron chi connectivity index (χ3n) is 3.81. The quantitative estimate of drug-likeness (QED) is 0.800. The van der Waals surface area contributed by atoms with E-state index in [0.717, 1.165) is 30.6 Å². The lowest BCUT2D eigenvalue weighted by molar-refractivity contribution is -0.121. The molecule has 0 aromatic heterocycles. The zero-order chi connectivity index (χ0) is 15.1. The SMILES string of the molecule is CCCOc1cccc(C(Cl)C(=O)NC2CCCCC2)c1. The van der Waals surface area contributed by atoms with Crippen LogP contribution in [-0.4, -0.2) is 18.6 Å². The third-order valence-corrected chi connectivity index (χ3v) is 4.26. The summed E-state index contributed by atoms with van der Waals surface area (Å²) < 4.78 is 5.59. The van der Waals surface area contributed by atoms with Gasteiger partial charge >= 0.3 is 0 Å². The molecule has 21 heavy (non-hydrogen) atoms. The van der Waals surface area contributed by atoms with Crippen LogP contribution in [-0.2, 0) is 4.79 Å². The molecule has 1 aromatic carbocycles. The highest BCUT2D eigenvalue weighted by atomic mass is 35.5. The Hall–Kier alpha value is -1.22. The maximum atomic E-state index is 12.3. The normalized spacial score (nSPS) is 17.2. The Morgan fingerprint density at radius 1 is 1.38 bits per heavy atom. The lowest BCUT2D eigenvalue weighted by atomic mass is 9.95. The molecule has 2 rings (SSSR count). The van der Waals surface area contributed by atoms with E-state index in [-0.39, 0.29) is 11.9 Å². The monoisotopic (exact) mass is 309 g/mol. The Kier molecular flexibility index (Phi) is 6.37. The van der Waals surface area contributed by atoms with Crippen molar-refractivity contribution in [3.05, 3.63) is 29.8 Å². The number of carbonyl (C=O) groups excluding carboxylic acids is 1. The maximum Gasteiger partial charge on any atom is 0.242 e. The number of alkyl halides is 1. The van der Waals surface area contributed by atoms with Gasteiger partial charge in [-0.05, 0) is 37.0 Å². The summed E-state index contributed by atoms with van der Waals surface area (Å²) in [5.41, 5.74) is 0.790. The van der Waals surface area contributed by atoms with Crippen molar-refractivity contribution in [3.63, 3.8) is 0 Å². The largest absolute Gasteiger partial charge is 0.494 e. The molecular weight excluding hydrogens is 286 g/mol. The fourth-order valence-electron chi connectivity index (χ4n) is 2.65. The zero-order valence-electron chi connectivity index (χ0n) is 12.6.